The molecule has 1 heterocycles. The van der Waals surface area contributed by atoms with Crippen molar-refractivity contribution >= 4 is 27.7 Å². The third-order valence-electron chi connectivity index (χ3n) is 4.46. The van der Waals surface area contributed by atoms with Gasteiger partial charge in [-0.2, -0.15) is 4.31 Å². The largest absolute Gasteiger partial charge is 0.351 e. The Bertz CT molecular complexity index is 864. The van der Waals surface area contributed by atoms with Crippen LogP contribution in [-0.4, -0.2) is 44.0 Å². The Kier molecular flexibility index (Phi) is 6.93. The van der Waals surface area contributed by atoms with Gasteiger partial charge in [-0.3, -0.25) is 4.79 Å². The highest BCUT2D eigenvalue weighted by Gasteiger charge is 2.29. The first-order valence-corrected chi connectivity index (χ1v) is 11.6. The minimum Gasteiger partial charge on any atom is -0.351 e. The van der Waals surface area contributed by atoms with Crippen molar-refractivity contribution in [1.82, 2.24) is 9.62 Å². The molecule has 0 aromatic heterocycles. The summed E-state index contributed by atoms with van der Waals surface area (Å²) in [4.78, 5) is 13.8. The molecule has 2 aromatic carbocycles. The molecular weight excluding hydrogens is 380 g/mol. The number of carbonyl (C=O) groups excluding carboxylic acids is 1. The fraction of sp³-hybridized carbons (Fsp3) is 0.350. The molecule has 0 radical (unpaired) electrons. The van der Waals surface area contributed by atoms with Crippen LogP contribution in [0, 0.1) is 0 Å². The molecule has 0 unspecified atom stereocenters. The van der Waals surface area contributed by atoms with Gasteiger partial charge in [0, 0.05) is 30.3 Å². The lowest BCUT2D eigenvalue weighted by Crippen LogP contribution is -2.37. The molecule has 0 aliphatic carbocycles. The Morgan fingerprint density at radius 2 is 1.63 bits per heavy atom. The summed E-state index contributed by atoms with van der Waals surface area (Å²) >= 11 is 1.65. The van der Waals surface area contributed by atoms with Gasteiger partial charge in [0.25, 0.3) is 5.91 Å². The normalized spacial score (nSPS) is 15.4. The van der Waals surface area contributed by atoms with E-state index in [2.05, 4.69) is 5.32 Å². The second kappa shape index (κ2) is 9.39. The van der Waals surface area contributed by atoms with Crippen molar-refractivity contribution < 1.29 is 13.2 Å². The number of thioether (sulfide) groups is 1. The Morgan fingerprint density at radius 3 is 2.37 bits per heavy atom. The third-order valence-corrected chi connectivity index (χ3v) is 7.43. The maximum absolute atomic E-state index is 13.0. The van der Waals surface area contributed by atoms with Gasteiger partial charge in [0.2, 0.25) is 10.0 Å². The average Bonchev–Trinajstić information content (AvgIpc) is 2.72. The van der Waals surface area contributed by atoms with Crippen LogP contribution < -0.4 is 5.32 Å². The van der Waals surface area contributed by atoms with Gasteiger partial charge in [-0.1, -0.05) is 36.8 Å². The molecule has 27 heavy (non-hydrogen) atoms. The lowest BCUT2D eigenvalue weighted by molar-refractivity contribution is 0.0952. The fourth-order valence-electron chi connectivity index (χ4n) is 3.07. The Labute approximate surface area is 165 Å². The van der Waals surface area contributed by atoms with Gasteiger partial charge < -0.3 is 5.32 Å². The molecule has 3 rings (SSSR count). The molecule has 0 saturated carbocycles. The highest BCUT2D eigenvalue weighted by atomic mass is 32.2. The topological polar surface area (TPSA) is 66.5 Å². The summed E-state index contributed by atoms with van der Waals surface area (Å²) < 4.78 is 27.4. The van der Waals surface area contributed by atoms with Crippen molar-refractivity contribution in [3.05, 3.63) is 60.2 Å². The monoisotopic (exact) mass is 404 g/mol. The molecular formula is C20H24N2O3S2. The zero-order chi connectivity index (χ0) is 19.1. The SMILES string of the molecule is O=C(NCCSc1ccccc1)c1ccccc1S(=O)(=O)N1CCCCC1. The van der Waals surface area contributed by atoms with Crippen LogP contribution in [0.4, 0.5) is 0 Å². The van der Waals surface area contributed by atoms with E-state index in [-0.39, 0.29) is 16.4 Å². The Hall–Kier alpha value is -1.83. The van der Waals surface area contributed by atoms with E-state index < -0.39 is 10.0 Å². The van der Waals surface area contributed by atoms with E-state index in [1.807, 2.05) is 30.3 Å². The second-order valence-electron chi connectivity index (χ2n) is 6.38. The number of benzene rings is 2. The number of hydrogen-bond acceptors (Lipinski definition) is 4. The number of piperidine rings is 1. The van der Waals surface area contributed by atoms with E-state index in [1.54, 1.807) is 30.0 Å². The Morgan fingerprint density at radius 1 is 0.963 bits per heavy atom. The third kappa shape index (κ3) is 5.12. The minimum atomic E-state index is -3.64. The summed E-state index contributed by atoms with van der Waals surface area (Å²) in [5.41, 5.74) is 0.216. The number of sulfonamides is 1. The molecule has 0 bridgehead atoms. The number of nitrogens with one attached hydrogen (secondary N) is 1. The second-order valence-corrected chi connectivity index (χ2v) is 9.45. The molecule has 0 atom stereocenters. The first-order valence-electron chi connectivity index (χ1n) is 9.14. The van der Waals surface area contributed by atoms with E-state index in [4.69, 9.17) is 0 Å². The maximum Gasteiger partial charge on any atom is 0.252 e. The highest BCUT2D eigenvalue weighted by molar-refractivity contribution is 7.99. The number of amides is 1. The van der Waals surface area contributed by atoms with Crippen LogP contribution >= 0.6 is 11.8 Å². The van der Waals surface area contributed by atoms with Crippen LogP contribution in [0.15, 0.2) is 64.4 Å². The molecule has 2 aromatic rings. The molecule has 5 nitrogen and oxygen atoms in total. The molecule has 7 heteroatoms. The van der Waals surface area contributed by atoms with Crippen LogP contribution in [0.3, 0.4) is 0 Å². The standard InChI is InChI=1S/C20H24N2O3S2/c23-20(21-13-16-26-17-9-3-1-4-10-17)18-11-5-6-12-19(18)27(24,25)22-14-7-2-8-15-22/h1,3-6,9-12H,2,7-8,13-16H2,(H,21,23). The summed E-state index contributed by atoms with van der Waals surface area (Å²) in [6, 6.07) is 16.4. The Balaban J connectivity index is 1.65. The molecule has 0 spiro atoms. The summed E-state index contributed by atoms with van der Waals surface area (Å²) in [6.07, 6.45) is 2.78. The van der Waals surface area contributed by atoms with Crippen molar-refractivity contribution in [3.8, 4) is 0 Å². The predicted molar refractivity (Wildman–Crippen MR) is 109 cm³/mol. The zero-order valence-corrected chi connectivity index (χ0v) is 16.8. The van der Waals surface area contributed by atoms with Gasteiger partial charge in [0.1, 0.15) is 0 Å². The highest BCUT2D eigenvalue weighted by Crippen LogP contribution is 2.23. The van der Waals surface area contributed by atoms with E-state index in [9.17, 15) is 13.2 Å². The molecule has 1 N–H and O–H groups in total. The van der Waals surface area contributed by atoms with Gasteiger partial charge in [-0.15, -0.1) is 11.8 Å². The summed E-state index contributed by atoms with van der Waals surface area (Å²) in [5.74, 6) is 0.372. The van der Waals surface area contributed by atoms with Crippen LogP contribution in [0.2, 0.25) is 0 Å². The van der Waals surface area contributed by atoms with E-state index in [0.717, 1.165) is 29.9 Å². The van der Waals surface area contributed by atoms with Crippen molar-refractivity contribution in [3.63, 3.8) is 0 Å². The van der Waals surface area contributed by atoms with Crippen molar-refractivity contribution in [2.24, 2.45) is 0 Å². The fourth-order valence-corrected chi connectivity index (χ4v) is 5.56. The molecule has 1 aliphatic heterocycles. The van der Waals surface area contributed by atoms with Gasteiger partial charge >= 0.3 is 0 Å². The van der Waals surface area contributed by atoms with Crippen LogP contribution in [0.25, 0.3) is 0 Å². The first kappa shape index (κ1) is 19.9. The lowest BCUT2D eigenvalue weighted by Gasteiger charge is -2.26. The zero-order valence-electron chi connectivity index (χ0n) is 15.1. The average molecular weight is 405 g/mol. The lowest BCUT2D eigenvalue weighted by atomic mass is 10.2. The molecule has 1 amide bonds. The van der Waals surface area contributed by atoms with Gasteiger partial charge in [-0.05, 0) is 37.1 Å². The van der Waals surface area contributed by atoms with E-state index in [1.165, 1.54) is 10.4 Å². The van der Waals surface area contributed by atoms with E-state index >= 15 is 0 Å². The van der Waals surface area contributed by atoms with Gasteiger partial charge in [0.05, 0.1) is 10.5 Å². The molecule has 1 aliphatic rings. The summed E-state index contributed by atoms with van der Waals surface area (Å²) in [5, 5.41) is 2.84. The van der Waals surface area contributed by atoms with Crippen LogP contribution in [-0.2, 0) is 10.0 Å². The summed E-state index contributed by atoms with van der Waals surface area (Å²) in [6.45, 7) is 1.51. The quantitative estimate of drug-likeness (QED) is 0.567. The molecule has 144 valence electrons. The molecule has 1 fully saturated rings. The number of rotatable bonds is 7. The molecule has 1 saturated heterocycles. The van der Waals surface area contributed by atoms with Crippen LogP contribution in [0.1, 0.15) is 29.6 Å². The summed E-state index contributed by atoms with van der Waals surface area (Å²) in [7, 11) is -3.64. The number of carbonyl (C=O) groups is 1. The van der Waals surface area contributed by atoms with Crippen LogP contribution in [0.5, 0.6) is 0 Å². The number of nitrogens with zero attached hydrogens (tertiary/aromatic N) is 1. The maximum atomic E-state index is 13.0. The van der Waals surface area contributed by atoms with Gasteiger partial charge in [0.15, 0.2) is 0 Å². The van der Waals surface area contributed by atoms with Gasteiger partial charge in [-0.25, -0.2) is 8.42 Å². The minimum absolute atomic E-state index is 0.0973. The smallest absolute Gasteiger partial charge is 0.252 e. The van der Waals surface area contributed by atoms with Crippen molar-refractivity contribution in [1.29, 1.82) is 0 Å². The number of hydrogen-bond donors (Lipinski definition) is 1. The van der Waals surface area contributed by atoms with Crippen molar-refractivity contribution in [2.45, 2.75) is 29.1 Å². The van der Waals surface area contributed by atoms with E-state index in [0.29, 0.717) is 19.6 Å². The van der Waals surface area contributed by atoms with Crippen molar-refractivity contribution in [2.75, 3.05) is 25.4 Å². The first-order chi connectivity index (χ1) is 13.1. The predicted octanol–water partition coefficient (Wildman–Crippen LogP) is 3.38.